The number of anilines is 1. The van der Waals surface area contributed by atoms with Gasteiger partial charge >= 0.3 is 0 Å². The Balaban J connectivity index is 1.65. The van der Waals surface area contributed by atoms with E-state index in [0.29, 0.717) is 28.8 Å². The fraction of sp³-hybridized carbons (Fsp3) is 0.190. The summed E-state index contributed by atoms with van der Waals surface area (Å²) >= 11 is 1.36. The molecule has 1 amide bonds. The first-order valence-electron chi connectivity index (χ1n) is 8.92. The van der Waals surface area contributed by atoms with Crippen molar-refractivity contribution in [2.45, 2.75) is 20.8 Å². The summed E-state index contributed by atoms with van der Waals surface area (Å²) in [6.07, 6.45) is 1.59. The molecule has 0 fully saturated rings. The van der Waals surface area contributed by atoms with Gasteiger partial charge in [-0.3, -0.25) is 4.79 Å². The van der Waals surface area contributed by atoms with Gasteiger partial charge in [0.1, 0.15) is 10.6 Å². The quantitative estimate of drug-likeness (QED) is 0.503. The lowest BCUT2D eigenvalue weighted by Gasteiger charge is -2.06. The number of furan rings is 1. The summed E-state index contributed by atoms with van der Waals surface area (Å²) in [4.78, 5) is 23.4. The molecule has 0 bridgehead atoms. The minimum atomic E-state index is -0.163. The molecule has 0 radical (unpaired) electrons. The lowest BCUT2D eigenvalue weighted by atomic mass is 10.1. The summed E-state index contributed by atoms with van der Waals surface area (Å²) in [5.41, 5.74) is 2.42. The number of fused-ring (bicyclic) bond motifs is 1. The van der Waals surface area contributed by atoms with Crippen molar-refractivity contribution in [3.63, 3.8) is 0 Å². The number of ether oxygens (including phenoxy) is 1. The van der Waals surface area contributed by atoms with Gasteiger partial charge in [-0.1, -0.05) is 0 Å². The van der Waals surface area contributed by atoms with Gasteiger partial charge in [-0.15, -0.1) is 11.3 Å². The van der Waals surface area contributed by atoms with Gasteiger partial charge in [-0.05, 0) is 62.7 Å². The van der Waals surface area contributed by atoms with E-state index >= 15 is 0 Å². The van der Waals surface area contributed by atoms with Crippen LogP contribution >= 0.6 is 11.3 Å². The van der Waals surface area contributed by atoms with E-state index in [4.69, 9.17) is 9.15 Å². The number of nitrogens with zero attached hydrogens (tertiary/aromatic N) is 2. The highest BCUT2D eigenvalue weighted by molar-refractivity contribution is 7.20. The van der Waals surface area contributed by atoms with Crippen LogP contribution in [0.2, 0.25) is 0 Å². The Bertz CT molecular complexity index is 1130. The minimum Gasteiger partial charge on any atom is -0.494 e. The number of carbonyl (C=O) groups excluding carboxylic acids is 1. The fourth-order valence-corrected chi connectivity index (χ4v) is 4.19. The number of thiophene rings is 1. The highest BCUT2D eigenvalue weighted by Gasteiger charge is 2.20. The van der Waals surface area contributed by atoms with Crippen LogP contribution in [0.3, 0.4) is 0 Å². The smallest absolute Gasteiger partial charge is 0.266 e. The van der Waals surface area contributed by atoms with Crippen LogP contribution in [0.4, 0.5) is 5.69 Å². The van der Waals surface area contributed by atoms with Crippen LogP contribution in [0.15, 0.2) is 47.1 Å². The maximum absolute atomic E-state index is 12.8. The van der Waals surface area contributed by atoms with Crippen molar-refractivity contribution in [2.24, 2.45) is 0 Å². The first-order valence-corrected chi connectivity index (χ1v) is 9.74. The van der Waals surface area contributed by atoms with Crippen molar-refractivity contribution in [3.8, 4) is 17.3 Å². The molecule has 0 atom stereocenters. The number of carbonyl (C=O) groups is 1. The summed E-state index contributed by atoms with van der Waals surface area (Å²) in [6, 6.07) is 10.9. The molecule has 0 aliphatic heterocycles. The molecule has 0 spiro atoms. The number of benzene rings is 1. The molecular weight excluding hydrogens is 374 g/mol. The summed E-state index contributed by atoms with van der Waals surface area (Å²) in [7, 11) is 0. The molecule has 1 aromatic carbocycles. The number of aryl methyl sites for hydroxylation is 2. The van der Waals surface area contributed by atoms with Crippen molar-refractivity contribution >= 4 is 33.1 Å². The molecule has 3 heterocycles. The average molecular weight is 393 g/mol. The van der Waals surface area contributed by atoms with E-state index in [1.807, 2.05) is 51.1 Å². The molecule has 0 saturated heterocycles. The molecular formula is C21H19N3O3S. The second kappa shape index (κ2) is 7.44. The standard InChI is InChI=1S/C21H19N3O3S/c1-4-26-15-9-7-14(8-10-15)23-20(25)18-12(2)17-13(3)22-19(24-21(17)28-18)16-6-5-11-27-16/h5-11H,4H2,1-3H3,(H,23,25). The van der Waals surface area contributed by atoms with Crippen LogP contribution in [0.1, 0.15) is 27.9 Å². The molecule has 0 aliphatic rings. The van der Waals surface area contributed by atoms with E-state index in [2.05, 4.69) is 15.3 Å². The van der Waals surface area contributed by atoms with Crippen molar-refractivity contribution in [1.82, 2.24) is 9.97 Å². The van der Waals surface area contributed by atoms with E-state index in [1.54, 1.807) is 12.3 Å². The van der Waals surface area contributed by atoms with Gasteiger partial charge in [-0.25, -0.2) is 9.97 Å². The predicted octanol–water partition coefficient (Wildman–Crippen LogP) is 5.22. The van der Waals surface area contributed by atoms with Crippen molar-refractivity contribution < 1.29 is 13.9 Å². The molecule has 0 aliphatic carbocycles. The maximum Gasteiger partial charge on any atom is 0.266 e. The molecule has 0 unspecified atom stereocenters. The molecule has 4 rings (SSSR count). The Hall–Kier alpha value is -3.19. The lowest BCUT2D eigenvalue weighted by Crippen LogP contribution is -2.11. The Kier molecular flexibility index (Phi) is 4.83. The molecule has 28 heavy (non-hydrogen) atoms. The Morgan fingerprint density at radius 3 is 2.64 bits per heavy atom. The summed E-state index contributed by atoms with van der Waals surface area (Å²) < 4.78 is 10.8. The minimum absolute atomic E-state index is 0.163. The van der Waals surface area contributed by atoms with Crippen molar-refractivity contribution in [1.29, 1.82) is 0 Å². The third-order valence-electron chi connectivity index (χ3n) is 4.34. The fourth-order valence-electron chi connectivity index (χ4n) is 3.06. The lowest BCUT2D eigenvalue weighted by molar-refractivity contribution is 0.103. The number of hydrogen-bond acceptors (Lipinski definition) is 6. The second-order valence-corrected chi connectivity index (χ2v) is 7.26. The van der Waals surface area contributed by atoms with Crippen molar-refractivity contribution in [3.05, 3.63) is 58.8 Å². The van der Waals surface area contributed by atoms with Gasteiger partial charge < -0.3 is 14.5 Å². The van der Waals surface area contributed by atoms with Gasteiger partial charge in [0, 0.05) is 11.1 Å². The first-order chi connectivity index (χ1) is 13.6. The van der Waals surface area contributed by atoms with Crippen molar-refractivity contribution in [2.75, 3.05) is 11.9 Å². The Labute approximate surface area is 166 Å². The highest BCUT2D eigenvalue weighted by Crippen LogP contribution is 2.33. The molecule has 3 aromatic heterocycles. The zero-order chi connectivity index (χ0) is 19.7. The third-order valence-corrected chi connectivity index (χ3v) is 5.53. The number of aromatic nitrogens is 2. The van der Waals surface area contributed by atoms with E-state index < -0.39 is 0 Å². The van der Waals surface area contributed by atoms with Crippen LogP contribution < -0.4 is 10.1 Å². The monoisotopic (exact) mass is 393 g/mol. The van der Waals surface area contributed by atoms with Crippen LogP contribution in [0.25, 0.3) is 21.8 Å². The second-order valence-electron chi connectivity index (χ2n) is 6.26. The third kappa shape index (κ3) is 3.36. The van der Waals surface area contributed by atoms with E-state index in [-0.39, 0.29) is 5.91 Å². The predicted molar refractivity (Wildman–Crippen MR) is 110 cm³/mol. The zero-order valence-electron chi connectivity index (χ0n) is 15.8. The van der Waals surface area contributed by atoms with Gasteiger partial charge in [-0.2, -0.15) is 0 Å². The Morgan fingerprint density at radius 2 is 1.96 bits per heavy atom. The number of amides is 1. The van der Waals surface area contributed by atoms with Gasteiger partial charge in [0.2, 0.25) is 0 Å². The average Bonchev–Trinajstić information content (AvgIpc) is 3.32. The van der Waals surface area contributed by atoms with Crippen LogP contribution in [-0.4, -0.2) is 22.5 Å². The molecule has 7 heteroatoms. The highest BCUT2D eigenvalue weighted by atomic mass is 32.1. The SMILES string of the molecule is CCOc1ccc(NC(=O)c2sc3nc(-c4ccco4)nc(C)c3c2C)cc1. The Morgan fingerprint density at radius 1 is 1.18 bits per heavy atom. The van der Waals surface area contributed by atoms with Crippen LogP contribution in [0.5, 0.6) is 5.75 Å². The topological polar surface area (TPSA) is 77.2 Å². The van der Waals surface area contributed by atoms with Crippen LogP contribution in [-0.2, 0) is 0 Å². The molecule has 4 aromatic rings. The summed E-state index contributed by atoms with van der Waals surface area (Å²) in [5, 5.41) is 3.85. The number of hydrogen-bond donors (Lipinski definition) is 1. The van der Waals surface area contributed by atoms with Gasteiger partial charge in [0.15, 0.2) is 11.6 Å². The molecule has 142 valence electrons. The summed E-state index contributed by atoms with van der Waals surface area (Å²) in [6.45, 7) is 6.38. The van der Waals surface area contributed by atoms with Gasteiger partial charge in [0.25, 0.3) is 5.91 Å². The number of rotatable bonds is 5. The zero-order valence-corrected chi connectivity index (χ0v) is 16.6. The van der Waals surface area contributed by atoms with Gasteiger partial charge in [0.05, 0.1) is 23.4 Å². The molecule has 6 nitrogen and oxygen atoms in total. The molecule has 0 saturated carbocycles. The normalized spacial score (nSPS) is 11.0. The largest absolute Gasteiger partial charge is 0.494 e. The molecule has 1 N–H and O–H groups in total. The maximum atomic E-state index is 12.8. The van der Waals surface area contributed by atoms with E-state index in [1.165, 1.54) is 11.3 Å². The van der Waals surface area contributed by atoms with E-state index in [0.717, 1.165) is 27.2 Å². The van der Waals surface area contributed by atoms with E-state index in [9.17, 15) is 4.79 Å². The van der Waals surface area contributed by atoms with Crippen LogP contribution in [0, 0.1) is 13.8 Å². The first kappa shape index (κ1) is 18.2. The summed E-state index contributed by atoms with van der Waals surface area (Å²) in [5.74, 6) is 1.74. The number of nitrogens with one attached hydrogen (secondary N) is 1.